The fraction of sp³-hybridized carbons (Fsp3) is 0.258. The fourth-order valence-corrected chi connectivity index (χ4v) is 5.29. The van der Waals surface area contributed by atoms with Gasteiger partial charge in [-0.1, -0.05) is 78.7 Å². The molecular formula is C31H31N5O4. The van der Waals surface area contributed by atoms with Gasteiger partial charge in [0.25, 0.3) is 0 Å². The lowest BCUT2D eigenvalue weighted by molar-refractivity contribution is -0.189. The number of nitrogens with one attached hydrogen (secondary N) is 1. The standard InChI is InChI=1S/C31H31N5O4/c1-2-17-34-22-29(38)35-27(18-23-13-15-26(37)16-14-23)30(39)33(20-25-11-7-4-8-12-25)21-28(35)36(34)31(40)32-19-24-9-5-3-6-10-24/h1,3-16,27-28,37H,17-22H2,(H,32,40)/t27-,28-/m0/s1. The summed E-state index contributed by atoms with van der Waals surface area (Å²) in [5, 5.41) is 15.8. The van der Waals surface area contributed by atoms with Crippen LogP contribution in [0.4, 0.5) is 4.79 Å². The van der Waals surface area contributed by atoms with Gasteiger partial charge in [-0.3, -0.25) is 9.59 Å². The molecule has 3 aromatic carbocycles. The molecule has 2 saturated heterocycles. The van der Waals surface area contributed by atoms with E-state index in [4.69, 9.17) is 6.42 Å². The van der Waals surface area contributed by atoms with Crippen molar-refractivity contribution in [3.63, 3.8) is 0 Å². The van der Waals surface area contributed by atoms with Gasteiger partial charge in [-0.15, -0.1) is 6.42 Å². The average Bonchev–Trinajstić information content (AvgIpc) is 2.96. The van der Waals surface area contributed by atoms with E-state index in [0.29, 0.717) is 13.1 Å². The van der Waals surface area contributed by atoms with Gasteiger partial charge in [-0.25, -0.2) is 9.80 Å². The highest BCUT2D eigenvalue weighted by atomic mass is 16.3. The number of benzene rings is 3. The molecule has 40 heavy (non-hydrogen) atoms. The van der Waals surface area contributed by atoms with Crippen molar-refractivity contribution in [2.45, 2.75) is 31.7 Å². The maximum absolute atomic E-state index is 13.9. The Labute approximate surface area is 233 Å². The van der Waals surface area contributed by atoms with Crippen molar-refractivity contribution in [2.75, 3.05) is 19.6 Å². The topological polar surface area (TPSA) is 96.4 Å². The van der Waals surface area contributed by atoms with Crippen LogP contribution in [-0.2, 0) is 29.1 Å². The van der Waals surface area contributed by atoms with Crippen LogP contribution in [-0.4, -0.2) is 74.6 Å². The molecule has 2 atom stereocenters. The Morgan fingerprint density at radius 2 is 1.57 bits per heavy atom. The first-order valence-electron chi connectivity index (χ1n) is 13.2. The Morgan fingerprint density at radius 1 is 0.925 bits per heavy atom. The molecule has 2 heterocycles. The monoisotopic (exact) mass is 537 g/mol. The molecule has 4 amide bonds. The van der Waals surface area contributed by atoms with Crippen LogP contribution in [0.1, 0.15) is 16.7 Å². The Bertz CT molecular complexity index is 1390. The second-order valence-electron chi connectivity index (χ2n) is 9.89. The SMILES string of the molecule is C#CCN1CC(=O)N2[C@@H](Cc3ccc(O)cc3)C(=O)N(Cc3ccccc3)C[C@@H]2N1C(=O)NCc1ccccc1. The number of fused-ring (bicyclic) bond motifs is 1. The largest absolute Gasteiger partial charge is 0.508 e. The summed E-state index contributed by atoms with van der Waals surface area (Å²) in [5.74, 6) is 2.20. The Morgan fingerprint density at radius 3 is 2.23 bits per heavy atom. The van der Waals surface area contributed by atoms with E-state index in [1.54, 1.807) is 34.2 Å². The molecule has 2 aliphatic heterocycles. The molecule has 2 aliphatic rings. The molecule has 2 fully saturated rings. The van der Waals surface area contributed by atoms with Crippen LogP contribution >= 0.6 is 0 Å². The molecule has 0 radical (unpaired) electrons. The first-order valence-corrected chi connectivity index (χ1v) is 13.2. The van der Waals surface area contributed by atoms with Gasteiger partial charge in [0.15, 0.2) is 0 Å². The van der Waals surface area contributed by atoms with Gasteiger partial charge in [0.2, 0.25) is 11.8 Å². The number of phenolic OH excluding ortho intramolecular Hbond substituents is 1. The summed E-state index contributed by atoms with van der Waals surface area (Å²) < 4.78 is 0. The van der Waals surface area contributed by atoms with Gasteiger partial charge < -0.3 is 20.2 Å². The lowest BCUT2D eigenvalue weighted by Gasteiger charge is -2.55. The average molecular weight is 538 g/mol. The minimum absolute atomic E-state index is 0.0596. The van der Waals surface area contributed by atoms with E-state index in [1.165, 1.54) is 9.91 Å². The van der Waals surface area contributed by atoms with Crippen LogP contribution in [0, 0.1) is 12.3 Å². The summed E-state index contributed by atoms with van der Waals surface area (Å²) in [6, 6.07) is 24.5. The van der Waals surface area contributed by atoms with Crippen LogP contribution in [0.5, 0.6) is 5.75 Å². The number of carbonyl (C=O) groups is 3. The van der Waals surface area contributed by atoms with Gasteiger partial charge in [0, 0.05) is 19.5 Å². The molecule has 9 heteroatoms. The summed E-state index contributed by atoms with van der Waals surface area (Å²) in [5.41, 5.74) is 2.66. The van der Waals surface area contributed by atoms with Crippen molar-refractivity contribution in [3.05, 3.63) is 102 Å². The number of nitrogens with zero attached hydrogens (tertiary/aromatic N) is 4. The first-order chi connectivity index (χ1) is 19.4. The number of aromatic hydroxyl groups is 1. The number of urea groups is 1. The molecule has 0 unspecified atom stereocenters. The zero-order valence-electron chi connectivity index (χ0n) is 22.0. The Kier molecular flexibility index (Phi) is 7.99. The number of piperazine rings is 1. The molecule has 3 aromatic rings. The van der Waals surface area contributed by atoms with Crippen LogP contribution in [0.15, 0.2) is 84.9 Å². The van der Waals surface area contributed by atoms with Crippen LogP contribution < -0.4 is 5.32 Å². The minimum Gasteiger partial charge on any atom is -0.508 e. The quantitative estimate of drug-likeness (QED) is 0.452. The summed E-state index contributed by atoms with van der Waals surface area (Å²) in [6.07, 6.45) is 5.12. The number of terminal acetylenes is 1. The van der Waals surface area contributed by atoms with Gasteiger partial charge in [-0.2, -0.15) is 5.01 Å². The van der Waals surface area contributed by atoms with E-state index in [0.717, 1.165) is 16.7 Å². The molecule has 5 rings (SSSR count). The predicted molar refractivity (Wildman–Crippen MR) is 149 cm³/mol. The van der Waals surface area contributed by atoms with Gasteiger partial charge in [0.1, 0.15) is 18.0 Å². The molecule has 0 aliphatic carbocycles. The van der Waals surface area contributed by atoms with Crippen molar-refractivity contribution in [1.82, 2.24) is 25.1 Å². The summed E-state index contributed by atoms with van der Waals surface area (Å²) in [4.78, 5) is 44.4. The van der Waals surface area contributed by atoms with E-state index in [9.17, 15) is 19.5 Å². The third-order valence-corrected chi connectivity index (χ3v) is 7.18. The van der Waals surface area contributed by atoms with Crippen molar-refractivity contribution in [1.29, 1.82) is 0 Å². The van der Waals surface area contributed by atoms with Gasteiger partial charge in [0.05, 0.1) is 19.6 Å². The van der Waals surface area contributed by atoms with Crippen LogP contribution in [0.25, 0.3) is 0 Å². The second-order valence-corrected chi connectivity index (χ2v) is 9.89. The smallest absolute Gasteiger partial charge is 0.334 e. The number of rotatable bonds is 7. The lowest BCUT2D eigenvalue weighted by atomic mass is 9.98. The Hall–Kier alpha value is -4.81. The summed E-state index contributed by atoms with van der Waals surface area (Å²) >= 11 is 0. The van der Waals surface area contributed by atoms with Crippen molar-refractivity contribution >= 4 is 17.8 Å². The van der Waals surface area contributed by atoms with Gasteiger partial charge >= 0.3 is 6.03 Å². The fourth-order valence-electron chi connectivity index (χ4n) is 5.29. The van der Waals surface area contributed by atoms with Crippen molar-refractivity contribution in [2.24, 2.45) is 0 Å². The normalized spacial score (nSPS) is 19.2. The first kappa shape index (κ1) is 26.8. The molecule has 0 bridgehead atoms. The van der Waals surface area contributed by atoms with E-state index in [2.05, 4.69) is 11.2 Å². The van der Waals surface area contributed by atoms with E-state index < -0.39 is 18.2 Å². The van der Waals surface area contributed by atoms with E-state index in [1.807, 2.05) is 60.7 Å². The zero-order chi connectivity index (χ0) is 28.1. The molecule has 2 N–H and O–H groups in total. The number of hydrogen-bond donors (Lipinski definition) is 2. The molecule has 0 saturated carbocycles. The molecule has 9 nitrogen and oxygen atoms in total. The summed E-state index contributed by atoms with van der Waals surface area (Å²) in [7, 11) is 0. The number of hydrogen-bond acceptors (Lipinski definition) is 5. The molecular weight excluding hydrogens is 506 g/mol. The number of amides is 4. The van der Waals surface area contributed by atoms with Crippen molar-refractivity contribution < 1.29 is 19.5 Å². The molecule has 0 spiro atoms. The maximum Gasteiger partial charge on any atom is 0.334 e. The molecule has 204 valence electrons. The Balaban J connectivity index is 1.49. The highest BCUT2D eigenvalue weighted by Gasteiger charge is 2.51. The van der Waals surface area contributed by atoms with Crippen LogP contribution in [0.3, 0.4) is 0 Å². The lowest BCUT2D eigenvalue weighted by Crippen LogP contribution is -2.76. The number of hydrazine groups is 1. The number of carbonyl (C=O) groups excluding carboxylic acids is 3. The highest BCUT2D eigenvalue weighted by Crippen LogP contribution is 2.29. The zero-order valence-corrected chi connectivity index (χ0v) is 22.0. The predicted octanol–water partition coefficient (Wildman–Crippen LogP) is 2.58. The van der Waals surface area contributed by atoms with Crippen LogP contribution in [0.2, 0.25) is 0 Å². The molecule has 0 aromatic heterocycles. The maximum atomic E-state index is 13.9. The van der Waals surface area contributed by atoms with Crippen molar-refractivity contribution in [3.8, 4) is 18.1 Å². The highest BCUT2D eigenvalue weighted by molar-refractivity contribution is 5.91. The third kappa shape index (κ3) is 5.77. The van der Waals surface area contributed by atoms with Gasteiger partial charge in [-0.05, 0) is 28.8 Å². The van der Waals surface area contributed by atoms with E-state index in [-0.39, 0.29) is 43.6 Å². The van der Waals surface area contributed by atoms with E-state index >= 15 is 0 Å². The minimum atomic E-state index is -0.836. The summed E-state index contributed by atoms with van der Waals surface area (Å²) in [6.45, 7) is 0.691. The second kappa shape index (κ2) is 11.9. The third-order valence-electron chi connectivity index (χ3n) is 7.18. The number of phenols is 1.